The predicted octanol–water partition coefficient (Wildman–Crippen LogP) is 1.42. The van der Waals surface area contributed by atoms with E-state index in [-0.39, 0.29) is 19.2 Å². The maximum Gasteiger partial charge on any atom is 0.253 e. The number of amides is 1. The smallest absolute Gasteiger partial charge is 0.253 e. The Balaban J connectivity index is 1.68. The van der Waals surface area contributed by atoms with Gasteiger partial charge >= 0.3 is 0 Å². The minimum Gasteiger partial charge on any atom is -0.454 e. The van der Waals surface area contributed by atoms with E-state index in [0.717, 1.165) is 32.1 Å². The molecule has 1 amide bonds. The van der Waals surface area contributed by atoms with Gasteiger partial charge in [-0.15, -0.1) is 0 Å². The van der Waals surface area contributed by atoms with Crippen molar-refractivity contribution in [2.45, 2.75) is 37.7 Å². The predicted molar refractivity (Wildman–Crippen MR) is 77.3 cm³/mol. The Kier molecular flexibility index (Phi) is 3.63. The number of aliphatic hydroxyl groups is 1. The summed E-state index contributed by atoms with van der Waals surface area (Å²) >= 11 is 0. The third-order valence-electron chi connectivity index (χ3n) is 4.15. The molecule has 1 aliphatic carbocycles. The summed E-state index contributed by atoms with van der Waals surface area (Å²) in [5, 5.41) is 13.2. The van der Waals surface area contributed by atoms with Crippen LogP contribution in [0.25, 0.3) is 0 Å². The zero-order chi connectivity index (χ0) is 14.9. The first kappa shape index (κ1) is 14.0. The number of fused-ring (bicyclic) bond motifs is 1. The Bertz CT molecular complexity index is 553. The largest absolute Gasteiger partial charge is 0.454 e. The minimum atomic E-state index is -0.793. The van der Waals surface area contributed by atoms with E-state index in [9.17, 15) is 9.90 Å². The van der Waals surface area contributed by atoms with Crippen molar-refractivity contribution in [2.75, 3.05) is 19.1 Å². The van der Waals surface area contributed by atoms with Gasteiger partial charge in [-0.25, -0.2) is 0 Å². The molecule has 4 N–H and O–H groups in total. The van der Waals surface area contributed by atoms with Crippen LogP contribution in [0, 0.1) is 0 Å². The lowest BCUT2D eigenvalue weighted by Gasteiger charge is -2.32. The van der Waals surface area contributed by atoms with Gasteiger partial charge in [-0.2, -0.15) is 0 Å². The van der Waals surface area contributed by atoms with Crippen molar-refractivity contribution in [1.82, 2.24) is 5.32 Å². The number of ether oxygens (including phenoxy) is 2. The van der Waals surface area contributed by atoms with E-state index in [4.69, 9.17) is 15.2 Å². The summed E-state index contributed by atoms with van der Waals surface area (Å²) in [7, 11) is 0. The maximum atomic E-state index is 12.3. The van der Waals surface area contributed by atoms with Gasteiger partial charge in [0.1, 0.15) is 0 Å². The highest BCUT2D eigenvalue weighted by molar-refractivity contribution is 6.00. The molecule has 1 aromatic rings. The molecule has 0 radical (unpaired) electrons. The second kappa shape index (κ2) is 5.44. The summed E-state index contributed by atoms with van der Waals surface area (Å²) in [5.74, 6) is 0.769. The minimum absolute atomic E-state index is 0.138. The number of anilines is 1. The number of benzene rings is 1. The lowest BCUT2D eigenvalue weighted by molar-refractivity contribution is 0.00526. The zero-order valence-corrected chi connectivity index (χ0v) is 11.9. The first-order valence-electron chi connectivity index (χ1n) is 7.27. The normalized spacial score (nSPS) is 19.3. The van der Waals surface area contributed by atoms with Crippen molar-refractivity contribution < 1.29 is 19.4 Å². The molecule has 1 aliphatic heterocycles. The molecule has 1 aromatic carbocycles. The van der Waals surface area contributed by atoms with Gasteiger partial charge < -0.3 is 25.6 Å². The molecule has 1 saturated carbocycles. The van der Waals surface area contributed by atoms with Crippen LogP contribution < -0.4 is 20.5 Å². The lowest BCUT2D eigenvalue weighted by atomic mass is 9.85. The number of rotatable bonds is 3. The molecule has 6 nitrogen and oxygen atoms in total. The van der Waals surface area contributed by atoms with Crippen molar-refractivity contribution in [3.8, 4) is 11.5 Å². The van der Waals surface area contributed by atoms with Crippen LogP contribution in [0.15, 0.2) is 12.1 Å². The summed E-state index contributed by atoms with van der Waals surface area (Å²) in [6, 6.07) is 3.17. The van der Waals surface area contributed by atoms with Crippen molar-refractivity contribution in [3.05, 3.63) is 17.7 Å². The Morgan fingerprint density at radius 2 is 1.90 bits per heavy atom. The number of nitrogens with two attached hydrogens (primary N) is 1. The van der Waals surface area contributed by atoms with E-state index >= 15 is 0 Å². The molecule has 3 rings (SSSR count). The topological polar surface area (TPSA) is 93.8 Å². The van der Waals surface area contributed by atoms with Crippen LogP contribution in [0.2, 0.25) is 0 Å². The van der Waals surface area contributed by atoms with Crippen LogP contribution in [0.1, 0.15) is 42.5 Å². The SMILES string of the molecule is Nc1cc2c(cc1C(=O)NCC1(O)CCCCC1)OCO2. The first-order valence-corrected chi connectivity index (χ1v) is 7.27. The number of hydrogen-bond donors (Lipinski definition) is 3. The van der Waals surface area contributed by atoms with Crippen molar-refractivity contribution >= 4 is 11.6 Å². The zero-order valence-electron chi connectivity index (χ0n) is 11.9. The Labute approximate surface area is 123 Å². The van der Waals surface area contributed by atoms with Crippen LogP contribution in [0.4, 0.5) is 5.69 Å². The van der Waals surface area contributed by atoms with Gasteiger partial charge in [0.25, 0.3) is 5.91 Å². The third-order valence-corrected chi connectivity index (χ3v) is 4.15. The molecule has 1 fully saturated rings. The average Bonchev–Trinajstić information content (AvgIpc) is 2.92. The fraction of sp³-hybridized carbons (Fsp3) is 0.533. The highest BCUT2D eigenvalue weighted by Gasteiger charge is 2.30. The van der Waals surface area contributed by atoms with Crippen LogP contribution >= 0.6 is 0 Å². The molecular formula is C15H20N2O4. The fourth-order valence-corrected chi connectivity index (χ4v) is 2.88. The van der Waals surface area contributed by atoms with E-state index in [1.807, 2.05) is 0 Å². The standard InChI is InChI=1S/C15H20N2O4/c16-11-7-13-12(20-9-21-13)6-10(11)14(18)17-8-15(19)4-2-1-3-5-15/h6-7,19H,1-5,8-9,16H2,(H,17,18). The first-order chi connectivity index (χ1) is 10.1. The molecule has 0 bridgehead atoms. The lowest BCUT2D eigenvalue weighted by Crippen LogP contribution is -2.44. The van der Waals surface area contributed by atoms with Crippen LogP contribution in [0.3, 0.4) is 0 Å². The highest BCUT2D eigenvalue weighted by Crippen LogP contribution is 2.36. The quantitative estimate of drug-likeness (QED) is 0.733. The summed E-state index contributed by atoms with van der Waals surface area (Å²) in [5.41, 5.74) is 5.77. The fourth-order valence-electron chi connectivity index (χ4n) is 2.88. The van der Waals surface area contributed by atoms with E-state index in [0.29, 0.717) is 22.7 Å². The molecule has 0 unspecified atom stereocenters. The van der Waals surface area contributed by atoms with Gasteiger partial charge in [0.15, 0.2) is 11.5 Å². The van der Waals surface area contributed by atoms with Crippen molar-refractivity contribution in [2.24, 2.45) is 0 Å². The summed E-state index contributed by atoms with van der Waals surface area (Å²) in [6.07, 6.45) is 4.59. The number of carbonyl (C=O) groups is 1. The van der Waals surface area contributed by atoms with Gasteiger partial charge in [0, 0.05) is 18.3 Å². The molecular weight excluding hydrogens is 272 g/mol. The summed E-state index contributed by atoms with van der Waals surface area (Å²) < 4.78 is 10.5. The third kappa shape index (κ3) is 2.90. The number of hydrogen-bond acceptors (Lipinski definition) is 5. The number of nitrogens with one attached hydrogen (secondary N) is 1. The molecule has 6 heteroatoms. The molecule has 0 saturated heterocycles. The Morgan fingerprint density at radius 1 is 1.24 bits per heavy atom. The van der Waals surface area contributed by atoms with Gasteiger partial charge in [0.2, 0.25) is 6.79 Å². The van der Waals surface area contributed by atoms with Crippen LogP contribution in [-0.2, 0) is 0 Å². The summed E-state index contributed by atoms with van der Waals surface area (Å²) in [4.78, 5) is 12.3. The molecule has 0 atom stereocenters. The molecule has 0 aromatic heterocycles. The van der Waals surface area contributed by atoms with E-state index in [1.54, 1.807) is 12.1 Å². The Morgan fingerprint density at radius 3 is 2.62 bits per heavy atom. The second-order valence-electron chi connectivity index (χ2n) is 5.76. The average molecular weight is 292 g/mol. The number of carbonyl (C=O) groups excluding carboxylic acids is 1. The number of nitrogen functional groups attached to an aromatic ring is 1. The van der Waals surface area contributed by atoms with Gasteiger partial charge in [-0.1, -0.05) is 19.3 Å². The highest BCUT2D eigenvalue weighted by atomic mass is 16.7. The van der Waals surface area contributed by atoms with Gasteiger partial charge in [-0.05, 0) is 18.9 Å². The summed E-state index contributed by atoms with van der Waals surface area (Å²) in [6.45, 7) is 0.388. The van der Waals surface area contributed by atoms with E-state index in [2.05, 4.69) is 5.32 Å². The van der Waals surface area contributed by atoms with E-state index < -0.39 is 5.60 Å². The Hall–Kier alpha value is -1.95. The van der Waals surface area contributed by atoms with Crippen LogP contribution in [0.5, 0.6) is 11.5 Å². The second-order valence-corrected chi connectivity index (χ2v) is 5.76. The molecule has 21 heavy (non-hydrogen) atoms. The molecule has 0 spiro atoms. The van der Waals surface area contributed by atoms with Crippen LogP contribution in [-0.4, -0.2) is 30.0 Å². The molecule has 1 heterocycles. The maximum absolute atomic E-state index is 12.3. The van der Waals surface area contributed by atoms with Gasteiger partial charge in [-0.3, -0.25) is 4.79 Å². The monoisotopic (exact) mass is 292 g/mol. The van der Waals surface area contributed by atoms with E-state index in [1.165, 1.54) is 0 Å². The molecule has 114 valence electrons. The van der Waals surface area contributed by atoms with Gasteiger partial charge in [0.05, 0.1) is 11.2 Å². The van der Waals surface area contributed by atoms with Crippen molar-refractivity contribution in [3.63, 3.8) is 0 Å². The van der Waals surface area contributed by atoms with Crippen molar-refractivity contribution in [1.29, 1.82) is 0 Å². The molecule has 2 aliphatic rings.